The highest BCUT2D eigenvalue weighted by Crippen LogP contribution is 2.15. The smallest absolute Gasteiger partial charge is 0.308 e. The van der Waals surface area contributed by atoms with Gasteiger partial charge in [-0.2, -0.15) is 0 Å². The second kappa shape index (κ2) is 8.78. The third-order valence-corrected chi connectivity index (χ3v) is 2.37. The maximum Gasteiger partial charge on any atom is 0.308 e. The van der Waals surface area contributed by atoms with Crippen molar-refractivity contribution >= 4 is 28.6 Å². The molecule has 0 aromatic rings. The largest absolute Gasteiger partial charge is 0.465 e. The van der Waals surface area contributed by atoms with E-state index in [1.165, 1.54) is 0 Å². The van der Waals surface area contributed by atoms with Gasteiger partial charge in [-0.1, -0.05) is 49.3 Å². The van der Waals surface area contributed by atoms with Gasteiger partial charge in [0, 0.05) is 4.43 Å². The van der Waals surface area contributed by atoms with E-state index in [0.717, 1.165) is 30.1 Å². The molecule has 2 nitrogen and oxygen atoms in total. The average Bonchev–Trinajstić information content (AvgIpc) is 2.14. The third-order valence-electron chi connectivity index (χ3n) is 1.93. The molecule has 0 saturated heterocycles. The third kappa shape index (κ3) is 6.29. The molecular formula is C10H19IO2. The van der Waals surface area contributed by atoms with Crippen LogP contribution in [0.4, 0.5) is 0 Å². The number of esters is 1. The fraction of sp³-hybridized carbons (Fsp3) is 0.900. The first-order valence-corrected chi connectivity index (χ1v) is 6.51. The molecular weight excluding hydrogens is 279 g/mol. The molecule has 0 rings (SSSR count). The van der Waals surface area contributed by atoms with Crippen LogP contribution in [0, 0.1) is 5.92 Å². The van der Waals surface area contributed by atoms with Crippen LogP contribution < -0.4 is 0 Å². The van der Waals surface area contributed by atoms with Crippen molar-refractivity contribution in [2.45, 2.75) is 39.5 Å². The van der Waals surface area contributed by atoms with Crippen LogP contribution in [-0.4, -0.2) is 17.0 Å². The van der Waals surface area contributed by atoms with E-state index in [4.69, 9.17) is 4.74 Å². The van der Waals surface area contributed by atoms with Crippen LogP contribution >= 0.6 is 22.6 Å². The maximum atomic E-state index is 11.5. The highest BCUT2D eigenvalue weighted by atomic mass is 127. The number of alkyl halides is 1. The van der Waals surface area contributed by atoms with E-state index < -0.39 is 0 Å². The summed E-state index contributed by atoms with van der Waals surface area (Å²) in [7, 11) is 0. The van der Waals surface area contributed by atoms with E-state index in [9.17, 15) is 4.79 Å². The molecule has 0 aliphatic rings. The van der Waals surface area contributed by atoms with E-state index in [1.807, 2.05) is 0 Å². The van der Waals surface area contributed by atoms with Crippen LogP contribution in [0.25, 0.3) is 0 Å². The summed E-state index contributed by atoms with van der Waals surface area (Å²) in [6, 6.07) is 0. The fourth-order valence-electron chi connectivity index (χ4n) is 1.33. The van der Waals surface area contributed by atoms with Gasteiger partial charge in [0.25, 0.3) is 0 Å². The molecule has 0 aromatic heterocycles. The molecule has 0 aromatic carbocycles. The summed E-state index contributed by atoms with van der Waals surface area (Å²) in [6.45, 7) is 4.77. The molecule has 3 heteroatoms. The Balaban J connectivity index is 3.80. The minimum absolute atomic E-state index is 0.000339. The first kappa shape index (κ1) is 13.2. The summed E-state index contributed by atoms with van der Waals surface area (Å²) in [5, 5.41) is 0. The zero-order chi connectivity index (χ0) is 10.1. The Morgan fingerprint density at radius 3 is 2.23 bits per heavy atom. The lowest BCUT2D eigenvalue weighted by molar-refractivity contribution is -0.148. The molecule has 0 bridgehead atoms. The van der Waals surface area contributed by atoms with Crippen molar-refractivity contribution in [3.05, 3.63) is 0 Å². The molecule has 13 heavy (non-hydrogen) atoms. The van der Waals surface area contributed by atoms with Gasteiger partial charge in [-0.15, -0.1) is 0 Å². The monoisotopic (exact) mass is 298 g/mol. The molecule has 0 heterocycles. The van der Waals surface area contributed by atoms with Crippen molar-refractivity contribution in [3.8, 4) is 0 Å². The SMILES string of the molecule is CCCC(CCC)C(=O)OCCI. The highest BCUT2D eigenvalue weighted by Gasteiger charge is 2.17. The number of rotatable bonds is 7. The number of carbonyl (C=O) groups excluding carboxylic acids is 1. The molecule has 0 saturated carbocycles. The van der Waals surface area contributed by atoms with Crippen molar-refractivity contribution < 1.29 is 9.53 Å². The molecule has 0 atom stereocenters. The van der Waals surface area contributed by atoms with Crippen LogP contribution in [-0.2, 0) is 9.53 Å². The summed E-state index contributed by atoms with van der Waals surface area (Å²) in [5.74, 6) is 0.137. The second-order valence-electron chi connectivity index (χ2n) is 3.13. The maximum absolute atomic E-state index is 11.5. The van der Waals surface area contributed by atoms with E-state index >= 15 is 0 Å². The molecule has 0 amide bonds. The van der Waals surface area contributed by atoms with Gasteiger partial charge in [0.2, 0.25) is 0 Å². The standard InChI is InChI=1S/C10H19IO2/c1-3-5-9(6-4-2)10(12)13-8-7-11/h9H,3-8H2,1-2H3. The zero-order valence-electron chi connectivity index (χ0n) is 8.51. The number of hydrogen-bond acceptors (Lipinski definition) is 2. The fourth-order valence-corrected chi connectivity index (χ4v) is 1.55. The minimum Gasteiger partial charge on any atom is -0.465 e. The van der Waals surface area contributed by atoms with Gasteiger partial charge < -0.3 is 4.74 Å². The quantitative estimate of drug-likeness (QED) is 0.410. The van der Waals surface area contributed by atoms with Crippen molar-refractivity contribution in [2.24, 2.45) is 5.92 Å². The molecule has 0 unspecified atom stereocenters. The summed E-state index contributed by atoms with van der Waals surface area (Å²) in [4.78, 5) is 11.5. The normalized spacial score (nSPS) is 10.5. The first-order valence-electron chi connectivity index (χ1n) is 4.98. The lowest BCUT2D eigenvalue weighted by atomic mass is 9.99. The Hall–Kier alpha value is 0.200. The first-order chi connectivity index (χ1) is 6.26. The summed E-state index contributed by atoms with van der Waals surface area (Å²) < 4.78 is 6.00. The zero-order valence-corrected chi connectivity index (χ0v) is 10.7. The van der Waals surface area contributed by atoms with Crippen LogP contribution in [0.1, 0.15) is 39.5 Å². The van der Waals surface area contributed by atoms with Crippen molar-refractivity contribution in [1.82, 2.24) is 0 Å². The van der Waals surface area contributed by atoms with Gasteiger partial charge in [-0.25, -0.2) is 0 Å². The van der Waals surface area contributed by atoms with Gasteiger partial charge >= 0.3 is 5.97 Å². The number of carbonyl (C=O) groups is 1. The van der Waals surface area contributed by atoms with Gasteiger partial charge in [0.05, 0.1) is 5.92 Å². The molecule has 0 aliphatic carbocycles. The van der Waals surface area contributed by atoms with Crippen LogP contribution in [0.3, 0.4) is 0 Å². The lowest BCUT2D eigenvalue weighted by Gasteiger charge is -2.13. The number of hydrogen-bond donors (Lipinski definition) is 0. The van der Waals surface area contributed by atoms with Gasteiger partial charge in [0.1, 0.15) is 6.61 Å². The van der Waals surface area contributed by atoms with E-state index in [-0.39, 0.29) is 11.9 Å². The highest BCUT2D eigenvalue weighted by molar-refractivity contribution is 14.1. The number of ether oxygens (including phenoxy) is 1. The summed E-state index contributed by atoms with van der Waals surface area (Å²) >= 11 is 2.21. The second-order valence-corrected chi connectivity index (χ2v) is 4.21. The Morgan fingerprint density at radius 2 is 1.85 bits per heavy atom. The van der Waals surface area contributed by atoms with Crippen molar-refractivity contribution in [1.29, 1.82) is 0 Å². The Labute approximate surface area is 94.6 Å². The van der Waals surface area contributed by atoms with Crippen LogP contribution in [0.15, 0.2) is 0 Å². The molecule has 0 radical (unpaired) electrons. The Bertz CT molecular complexity index is 131. The average molecular weight is 298 g/mol. The molecule has 0 N–H and O–H groups in total. The molecule has 0 fully saturated rings. The van der Waals surface area contributed by atoms with E-state index in [2.05, 4.69) is 36.4 Å². The van der Waals surface area contributed by atoms with Gasteiger partial charge in [-0.05, 0) is 12.8 Å². The van der Waals surface area contributed by atoms with Crippen molar-refractivity contribution in [2.75, 3.05) is 11.0 Å². The minimum atomic E-state index is 0.000339. The number of halogens is 1. The van der Waals surface area contributed by atoms with Gasteiger partial charge in [0.15, 0.2) is 0 Å². The van der Waals surface area contributed by atoms with Crippen LogP contribution in [0.5, 0.6) is 0 Å². The summed E-state index contributed by atoms with van der Waals surface area (Å²) in [6.07, 6.45) is 4.05. The van der Waals surface area contributed by atoms with E-state index in [1.54, 1.807) is 0 Å². The van der Waals surface area contributed by atoms with Crippen molar-refractivity contribution in [3.63, 3.8) is 0 Å². The predicted octanol–water partition coefficient (Wildman–Crippen LogP) is 3.18. The molecule has 0 spiro atoms. The topological polar surface area (TPSA) is 26.3 Å². The molecule has 78 valence electrons. The lowest BCUT2D eigenvalue weighted by Crippen LogP contribution is -2.18. The molecule has 0 aliphatic heterocycles. The summed E-state index contributed by atoms with van der Waals surface area (Å²) in [5.41, 5.74) is 0. The predicted molar refractivity (Wildman–Crippen MR) is 63.2 cm³/mol. The van der Waals surface area contributed by atoms with E-state index in [0.29, 0.717) is 6.61 Å². The van der Waals surface area contributed by atoms with Gasteiger partial charge in [-0.3, -0.25) is 4.79 Å². The van der Waals surface area contributed by atoms with Crippen LogP contribution in [0.2, 0.25) is 0 Å². The Morgan fingerprint density at radius 1 is 1.31 bits per heavy atom. The Kier molecular flexibility index (Phi) is 8.92.